The van der Waals surface area contributed by atoms with Gasteiger partial charge in [0.25, 0.3) is 0 Å². The van der Waals surface area contributed by atoms with E-state index in [9.17, 15) is 0 Å². The van der Waals surface area contributed by atoms with E-state index in [1.54, 1.807) is 0 Å². The summed E-state index contributed by atoms with van der Waals surface area (Å²) in [6.45, 7) is 6.08. The predicted molar refractivity (Wildman–Crippen MR) is 98.2 cm³/mol. The number of rotatable bonds is 2. The van der Waals surface area contributed by atoms with Crippen LogP contribution in [-0.2, 0) is 6.42 Å². The Morgan fingerprint density at radius 2 is 0.818 bits per heavy atom. The van der Waals surface area contributed by atoms with Crippen LogP contribution < -0.4 is 0 Å². The lowest BCUT2D eigenvalue weighted by molar-refractivity contribution is 1.19. The van der Waals surface area contributed by atoms with E-state index in [1.807, 2.05) is 32.0 Å². The molecule has 0 atom stereocenters. The highest BCUT2D eigenvalue weighted by molar-refractivity contribution is 5.25. The fraction of sp³-hybridized carbons (Fsp3) is 0.182. The maximum absolute atomic E-state index is 2.16. The smallest absolute Gasteiger partial charge is 0.00258 e. The van der Waals surface area contributed by atoms with Gasteiger partial charge in [0.15, 0.2) is 0 Å². The average Bonchev–Trinajstić information content (AvgIpc) is 2.60. The molecule has 0 fully saturated rings. The molecule has 0 spiro atoms. The summed E-state index contributed by atoms with van der Waals surface area (Å²) in [5.41, 5.74) is 4.06. The van der Waals surface area contributed by atoms with Crippen molar-refractivity contribution in [1.82, 2.24) is 0 Å². The molecule has 3 aromatic carbocycles. The van der Waals surface area contributed by atoms with Crippen LogP contribution in [0.1, 0.15) is 30.5 Å². The van der Waals surface area contributed by atoms with Gasteiger partial charge in [-0.05, 0) is 24.5 Å². The van der Waals surface area contributed by atoms with Crippen molar-refractivity contribution in [2.24, 2.45) is 0 Å². The van der Waals surface area contributed by atoms with Crippen molar-refractivity contribution in [2.75, 3.05) is 0 Å². The van der Waals surface area contributed by atoms with E-state index < -0.39 is 0 Å². The summed E-state index contributed by atoms with van der Waals surface area (Å²) < 4.78 is 0. The third-order valence-corrected chi connectivity index (χ3v) is 3.03. The molecule has 0 aliphatic heterocycles. The molecule has 0 radical (unpaired) electrons. The maximum Gasteiger partial charge on any atom is -0.00258 e. The highest BCUT2D eigenvalue weighted by atomic mass is 14.0. The van der Waals surface area contributed by atoms with Crippen molar-refractivity contribution in [3.8, 4) is 0 Å². The van der Waals surface area contributed by atoms with Gasteiger partial charge in [-0.1, -0.05) is 110 Å². The van der Waals surface area contributed by atoms with E-state index in [4.69, 9.17) is 0 Å². The summed E-state index contributed by atoms with van der Waals surface area (Å²) in [7, 11) is 0. The summed E-state index contributed by atoms with van der Waals surface area (Å²) in [6, 6.07) is 31.3. The van der Waals surface area contributed by atoms with Crippen molar-refractivity contribution in [3.63, 3.8) is 0 Å². The number of hydrogen-bond donors (Lipinski definition) is 0. The number of aryl methyl sites for hydroxylation is 1. The van der Waals surface area contributed by atoms with E-state index in [0.29, 0.717) is 0 Å². The van der Waals surface area contributed by atoms with Crippen LogP contribution in [0.15, 0.2) is 91.0 Å². The van der Waals surface area contributed by atoms with Crippen LogP contribution in [-0.4, -0.2) is 0 Å². The largest absolute Gasteiger partial charge is 0.0683 e. The van der Waals surface area contributed by atoms with Crippen molar-refractivity contribution in [1.29, 1.82) is 0 Å². The molecule has 0 unspecified atom stereocenters. The Balaban J connectivity index is 0.000000228. The molecule has 0 aliphatic rings. The Labute approximate surface area is 135 Å². The minimum Gasteiger partial charge on any atom is -0.0683 e. The highest BCUT2D eigenvalue weighted by Gasteiger charge is 1.92. The van der Waals surface area contributed by atoms with Gasteiger partial charge in [0.1, 0.15) is 0 Å². The van der Waals surface area contributed by atoms with Crippen molar-refractivity contribution in [3.05, 3.63) is 108 Å². The number of benzene rings is 3. The molecule has 0 aromatic heterocycles. The lowest BCUT2D eigenvalue weighted by Gasteiger charge is -2.00. The molecule has 0 aliphatic carbocycles. The zero-order chi connectivity index (χ0) is 16.0. The first-order valence-electron chi connectivity index (χ1n) is 7.94. The quantitative estimate of drug-likeness (QED) is 0.519. The summed E-state index contributed by atoms with van der Waals surface area (Å²) in [6.07, 6.45) is 1.03. The molecule has 0 bridgehead atoms. The molecule has 3 aromatic rings. The van der Waals surface area contributed by atoms with Gasteiger partial charge < -0.3 is 0 Å². The molecular weight excluding hydrogens is 264 g/mol. The van der Waals surface area contributed by atoms with Crippen molar-refractivity contribution >= 4 is 0 Å². The average molecular weight is 290 g/mol. The van der Waals surface area contributed by atoms with Crippen LogP contribution in [0.25, 0.3) is 0 Å². The van der Waals surface area contributed by atoms with Crippen LogP contribution in [0, 0.1) is 6.92 Å². The lowest BCUT2D eigenvalue weighted by atomic mass is 10.1. The first kappa shape index (κ1) is 17.7. The van der Waals surface area contributed by atoms with Crippen LogP contribution in [0.4, 0.5) is 0 Å². The second-order valence-corrected chi connectivity index (χ2v) is 4.80. The van der Waals surface area contributed by atoms with E-state index in [1.165, 1.54) is 16.7 Å². The Bertz CT molecular complexity index is 545. The lowest BCUT2D eigenvalue weighted by Crippen LogP contribution is -1.85. The van der Waals surface area contributed by atoms with Crippen molar-refractivity contribution < 1.29 is 0 Å². The third kappa shape index (κ3) is 7.44. The number of hydrogen-bond acceptors (Lipinski definition) is 0. The normalized spacial score (nSPS) is 8.86. The molecule has 0 heteroatoms. The summed E-state index contributed by atoms with van der Waals surface area (Å²) >= 11 is 0. The Hall–Kier alpha value is -2.34. The highest BCUT2D eigenvalue weighted by Crippen LogP contribution is 2.07. The minimum absolute atomic E-state index is 1.03. The van der Waals surface area contributed by atoms with Gasteiger partial charge in [-0.15, -0.1) is 0 Å². The first-order chi connectivity index (χ1) is 10.8. The molecule has 3 rings (SSSR count). The van der Waals surface area contributed by atoms with Crippen LogP contribution in [0.5, 0.6) is 0 Å². The SMILES string of the molecule is CC.Cc1ccccc1.c1ccc(Cc2ccccc2)cc1. The Morgan fingerprint density at radius 3 is 1.09 bits per heavy atom. The maximum atomic E-state index is 2.16. The summed E-state index contributed by atoms with van der Waals surface area (Å²) in [4.78, 5) is 0. The minimum atomic E-state index is 1.03. The van der Waals surface area contributed by atoms with Gasteiger partial charge in [-0.3, -0.25) is 0 Å². The predicted octanol–water partition coefficient (Wildman–Crippen LogP) is 6.30. The molecule has 0 heterocycles. The van der Waals surface area contributed by atoms with Crippen LogP contribution >= 0.6 is 0 Å². The molecule has 22 heavy (non-hydrogen) atoms. The third-order valence-electron chi connectivity index (χ3n) is 3.03. The molecule has 0 nitrogen and oxygen atoms in total. The van der Waals surface area contributed by atoms with Crippen molar-refractivity contribution in [2.45, 2.75) is 27.2 Å². The standard InChI is InChI=1S/C13H12.C7H8.C2H6/c1-3-7-12(8-4-1)11-13-9-5-2-6-10-13;1-7-5-3-2-4-6-7;1-2/h1-10H,11H2;2-6H,1H3;1-2H3. The van der Waals surface area contributed by atoms with Crippen LogP contribution in [0.2, 0.25) is 0 Å². The summed E-state index contributed by atoms with van der Waals surface area (Å²) in [5.74, 6) is 0. The van der Waals surface area contributed by atoms with Gasteiger partial charge in [0, 0.05) is 0 Å². The van der Waals surface area contributed by atoms with E-state index in [0.717, 1.165) is 6.42 Å². The monoisotopic (exact) mass is 290 g/mol. The fourth-order valence-corrected chi connectivity index (χ4v) is 1.96. The molecule has 114 valence electrons. The fourth-order valence-electron chi connectivity index (χ4n) is 1.96. The van der Waals surface area contributed by atoms with E-state index in [2.05, 4.69) is 79.7 Å². The van der Waals surface area contributed by atoms with E-state index >= 15 is 0 Å². The van der Waals surface area contributed by atoms with Crippen LogP contribution in [0.3, 0.4) is 0 Å². The first-order valence-corrected chi connectivity index (χ1v) is 7.94. The van der Waals surface area contributed by atoms with Gasteiger partial charge >= 0.3 is 0 Å². The van der Waals surface area contributed by atoms with Gasteiger partial charge in [-0.2, -0.15) is 0 Å². The Kier molecular flexibility index (Phi) is 9.12. The van der Waals surface area contributed by atoms with Gasteiger partial charge in [0.05, 0.1) is 0 Å². The molecule has 0 amide bonds. The molecular formula is C22H26. The van der Waals surface area contributed by atoms with Gasteiger partial charge in [0.2, 0.25) is 0 Å². The Morgan fingerprint density at radius 1 is 0.500 bits per heavy atom. The summed E-state index contributed by atoms with van der Waals surface area (Å²) in [5, 5.41) is 0. The second kappa shape index (κ2) is 11.3. The van der Waals surface area contributed by atoms with E-state index in [-0.39, 0.29) is 0 Å². The van der Waals surface area contributed by atoms with Gasteiger partial charge in [-0.25, -0.2) is 0 Å². The zero-order valence-corrected chi connectivity index (χ0v) is 13.9. The topological polar surface area (TPSA) is 0 Å². The molecule has 0 N–H and O–H groups in total. The molecule has 0 saturated carbocycles. The second-order valence-electron chi connectivity index (χ2n) is 4.80. The zero-order valence-electron chi connectivity index (χ0n) is 13.9. The molecule has 0 saturated heterocycles.